The average molecular weight is 466 g/mol. The standard InChI is InChI=1S/C19H11ClF3N5O2S/c20-15-14(25-27-31-15)10-30-18(29)16-24-17(11-5-2-1-3-6-11)28(26-16)13-8-4-7-12(9-13)19(21,22)23/h1-9H,10H2. The molecule has 4 aromatic rings. The van der Waals surface area contributed by atoms with Crippen molar-refractivity contribution in [2.75, 3.05) is 0 Å². The average Bonchev–Trinajstić information content (AvgIpc) is 3.39. The molecule has 0 atom stereocenters. The SMILES string of the molecule is O=C(OCc1nnsc1Cl)c1nc(-c2ccccc2)n(-c2cccc(C(F)(F)F)c2)n1. The lowest BCUT2D eigenvalue weighted by atomic mass is 10.2. The molecule has 2 aromatic heterocycles. The third-order valence-corrected chi connectivity index (χ3v) is 5.07. The van der Waals surface area contributed by atoms with Gasteiger partial charge in [0, 0.05) is 17.1 Å². The molecule has 0 N–H and O–H groups in total. The van der Waals surface area contributed by atoms with Gasteiger partial charge in [0.2, 0.25) is 0 Å². The minimum Gasteiger partial charge on any atom is -0.453 e. The molecular weight excluding hydrogens is 455 g/mol. The molecule has 0 aliphatic rings. The Hall–Kier alpha value is -3.31. The van der Waals surface area contributed by atoms with E-state index in [2.05, 4.69) is 19.7 Å². The number of carbonyl (C=O) groups excluding carboxylic acids is 1. The van der Waals surface area contributed by atoms with E-state index in [1.807, 2.05) is 0 Å². The normalized spacial score (nSPS) is 11.5. The minimum absolute atomic E-state index is 0.0898. The number of ether oxygens (including phenoxy) is 1. The van der Waals surface area contributed by atoms with E-state index in [0.29, 0.717) is 5.56 Å². The Labute approximate surface area is 182 Å². The van der Waals surface area contributed by atoms with Crippen molar-refractivity contribution in [3.05, 3.63) is 76.0 Å². The van der Waals surface area contributed by atoms with Crippen molar-refractivity contribution in [3.8, 4) is 17.1 Å². The van der Waals surface area contributed by atoms with E-state index in [9.17, 15) is 18.0 Å². The van der Waals surface area contributed by atoms with Crippen LogP contribution in [0, 0.1) is 0 Å². The number of carbonyl (C=O) groups is 1. The predicted molar refractivity (Wildman–Crippen MR) is 106 cm³/mol. The first-order valence-electron chi connectivity index (χ1n) is 8.67. The van der Waals surface area contributed by atoms with Crippen LogP contribution in [-0.2, 0) is 17.5 Å². The molecule has 7 nitrogen and oxygen atoms in total. The number of hydrogen-bond donors (Lipinski definition) is 0. The Morgan fingerprint density at radius 1 is 1.13 bits per heavy atom. The maximum Gasteiger partial charge on any atom is 0.416 e. The van der Waals surface area contributed by atoms with Crippen LogP contribution < -0.4 is 0 Å². The summed E-state index contributed by atoms with van der Waals surface area (Å²) in [5.41, 5.74) is 0.0695. The molecule has 0 aliphatic heterocycles. The highest BCUT2D eigenvalue weighted by Gasteiger charge is 2.31. The zero-order valence-corrected chi connectivity index (χ0v) is 16.9. The van der Waals surface area contributed by atoms with Crippen LogP contribution in [0.4, 0.5) is 13.2 Å². The third kappa shape index (κ3) is 4.57. The summed E-state index contributed by atoms with van der Waals surface area (Å²) in [5, 5.41) is 7.84. The number of hydrogen-bond acceptors (Lipinski definition) is 7. The highest BCUT2D eigenvalue weighted by Crippen LogP contribution is 2.31. The first kappa shape index (κ1) is 20.9. The maximum absolute atomic E-state index is 13.2. The van der Waals surface area contributed by atoms with Gasteiger partial charge >= 0.3 is 12.1 Å². The van der Waals surface area contributed by atoms with Gasteiger partial charge in [0.05, 0.1) is 11.3 Å². The summed E-state index contributed by atoms with van der Waals surface area (Å²) in [7, 11) is 0. The van der Waals surface area contributed by atoms with Gasteiger partial charge in [-0.25, -0.2) is 14.5 Å². The Balaban J connectivity index is 1.72. The van der Waals surface area contributed by atoms with Crippen LogP contribution >= 0.6 is 23.1 Å². The summed E-state index contributed by atoms with van der Waals surface area (Å²) in [6.45, 7) is -0.243. The monoisotopic (exact) mass is 465 g/mol. The molecule has 0 amide bonds. The fraction of sp³-hybridized carbons (Fsp3) is 0.105. The van der Waals surface area contributed by atoms with Crippen LogP contribution in [0.15, 0.2) is 54.6 Å². The summed E-state index contributed by atoms with van der Waals surface area (Å²) >= 11 is 6.83. The molecule has 2 heterocycles. The van der Waals surface area contributed by atoms with E-state index in [-0.39, 0.29) is 34.0 Å². The fourth-order valence-electron chi connectivity index (χ4n) is 2.65. The fourth-order valence-corrected chi connectivity index (χ4v) is 3.25. The molecule has 0 bridgehead atoms. The molecule has 4 rings (SSSR count). The van der Waals surface area contributed by atoms with Crippen molar-refractivity contribution >= 4 is 29.1 Å². The Bertz CT molecular complexity index is 1230. The van der Waals surface area contributed by atoms with Gasteiger partial charge in [-0.1, -0.05) is 52.5 Å². The van der Waals surface area contributed by atoms with Gasteiger partial charge in [-0.2, -0.15) is 13.2 Å². The van der Waals surface area contributed by atoms with E-state index in [1.165, 1.54) is 16.8 Å². The van der Waals surface area contributed by atoms with E-state index in [0.717, 1.165) is 23.7 Å². The van der Waals surface area contributed by atoms with Gasteiger partial charge in [-0.15, -0.1) is 10.2 Å². The van der Waals surface area contributed by atoms with Crippen LogP contribution in [-0.4, -0.2) is 30.3 Å². The van der Waals surface area contributed by atoms with E-state index in [1.54, 1.807) is 30.3 Å². The minimum atomic E-state index is -4.54. The summed E-state index contributed by atoms with van der Waals surface area (Å²) in [5.74, 6) is -1.03. The maximum atomic E-state index is 13.2. The number of aromatic nitrogens is 5. The highest BCUT2D eigenvalue weighted by atomic mass is 35.5. The molecule has 0 saturated heterocycles. The van der Waals surface area contributed by atoms with Crippen molar-refractivity contribution in [1.82, 2.24) is 24.4 Å². The van der Waals surface area contributed by atoms with E-state index in [4.69, 9.17) is 16.3 Å². The zero-order valence-electron chi connectivity index (χ0n) is 15.4. The van der Waals surface area contributed by atoms with E-state index >= 15 is 0 Å². The summed E-state index contributed by atoms with van der Waals surface area (Å²) < 4.78 is 49.7. The van der Waals surface area contributed by atoms with Gasteiger partial charge < -0.3 is 4.74 Å². The topological polar surface area (TPSA) is 82.8 Å². The number of rotatable bonds is 5. The molecular formula is C19H11ClF3N5O2S. The molecule has 12 heteroatoms. The smallest absolute Gasteiger partial charge is 0.416 e. The predicted octanol–water partition coefficient (Wildman–Crippen LogP) is 4.82. The van der Waals surface area contributed by atoms with Crippen LogP contribution in [0.25, 0.3) is 17.1 Å². The first-order chi connectivity index (χ1) is 14.8. The molecule has 2 aromatic carbocycles. The Morgan fingerprint density at radius 2 is 1.90 bits per heavy atom. The van der Waals surface area contributed by atoms with Gasteiger partial charge in [-0.3, -0.25) is 0 Å². The lowest BCUT2D eigenvalue weighted by Crippen LogP contribution is -2.09. The molecule has 0 spiro atoms. The van der Waals surface area contributed by atoms with Gasteiger partial charge in [0.25, 0.3) is 5.82 Å². The van der Waals surface area contributed by atoms with Crippen molar-refractivity contribution in [2.24, 2.45) is 0 Å². The highest BCUT2D eigenvalue weighted by molar-refractivity contribution is 7.10. The van der Waals surface area contributed by atoms with Crippen LogP contribution in [0.2, 0.25) is 4.34 Å². The number of halogens is 4. The van der Waals surface area contributed by atoms with Gasteiger partial charge in [0.15, 0.2) is 5.82 Å². The van der Waals surface area contributed by atoms with Gasteiger partial charge in [0.1, 0.15) is 16.6 Å². The second kappa shape index (κ2) is 8.44. The molecule has 0 unspecified atom stereocenters. The summed E-state index contributed by atoms with van der Waals surface area (Å²) in [6, 6.07) is 13.2. The van der Waals surface area contributed by atoms with Crippen molar-refractivity contribution in [2.45, 2.75) is 12.8 Å². The summed E-state index contributed by atoms with van der Waals surface area (Å²) in [4.78, 5) is 16.7. The Morgan fingerprint density at radius 3 is 2.58 bits per heavy atom. The number of esters is 1. The lowest BCUT2D eigenvalue weighted by molar-refractivity contribution is -0.137. The molecule has 0 fully saturated rings. The van der Waals surface area contributed by atoms with Crippen LogP contribution in [0.5, 0.6) is 0 Å². The first-order valence-corrected chi connectivity index (χ1v) is 9.82. The lowest BCUT2D eigenvalue weighted by Gasteiger charge is -2.10. The van der Waals surface area contributed by atoms with Gasteiger partial charge in [-0.05, 0) is 18.2 Å². The van der Waals surface area contributed by atoms with Crippen LogP contribution in [0.1, 0.15) is 21.9 Å². The number of benzene rings is 2. The summed E-state index contributed by atoms with van der Waals surface area (Å²) in [6.07, 6.45) is -4.54. The molecule has 0 saturated carbocycles. The molecule has 31 heavy (non-hydrogen) atoms. The molecule has 0 aliphatic carbocycles. The molecule has 158 valence electrons. The van der Waals surface area contributed by atoms with E-state index < -0.39 is 17.7 Å². The largest absolute Gasteiger partial charge is 0.453 e. The zero-order chi connectivity index (χ0) is 22.0. The second-order valence-electron chi connectivity index (χ2n) is 6.15. The van der Waals surface area contributed by atoms with Crippen molar-refractivity contribution in [3.63, 3.8) is 0 Å². The molecule has 0 radical (unpaired) electrons. The number of alkyl halides is 3. The van der Waals surface area contributed by atoms with Crippen molar-refractivity contribution < 1.29 is 22.7 Å². The Kier molecular flexibility index (Phi) is 5.70. The number of nitrogens with zero attached hydrogens (tertiary/aromatic N) is 5. The third-order valence-electron chi connectivity index (χ3n) is 4.09. The quantitative estimate of drug-likeness (QED) is 0.393. The second-order valence-corrected chi connectivity index (χ2v) is 7.51. The van der Waals surface area contributed by atoms with Crippen molar-refractivity contribution in [1.29, 1.82) is 0 Å². The van der Waals surface area contributed by atoms with Crippen LogP contribution in [0.3, 0.4) is 0 Å².